The van der Waals surface area contributed by atoms with E-state index >= 15 is 0 Å². The van der Waals surface area contributed by atoms with Crippen LogP contribution in [-0.4, -0.2) is 9.97 Å². The Morgan fingerprint density at radius 1 is 1.05 bits per heavy atom. The van der Waals surface area contributed by atoms with E-state index in [-0.39, 0.29) is 0 Å². The molecule has 3 aromatic rings. The number of halogens is 4. The van der Waals surface area contributed by atoms with E-state index in [2.05, 4.69) is 25.9 Å². The molecule has 1 aromatic heterocycles. The van der Waals surface area contributed by atoms with Gasteiger partial charge in [-0.3, -0.25) is 0 Å². The van der Waals surface area contributed by atoms with Crippen LogP contribution in [0.2, 0.25) is 0 Å². The number of alkyl halides is 3. The van der Waals surface area contributed by atoms with Crippen LogP contribution in [-0.2, 0) is 6.18 Å². The summed E-state index contributed by atoms with van der Waals surface area (Å²) in [7, 11) is 0. The monoisotopic (exact) mass is 340 g/mol. The number of hydrogen-bond acceptors (Lipinski definition) is 1. The minimum absolute atomic E-state index is 0.370. The molecule has 0 saturated heterocycles. The summed E-state index contributed by atoms with van der Waals surface area (Å²) in [4.78, 5) is 7.22. The lowest BCUT2D eigenvalue weighted by molar-refractivity contribution is -0.137. The van der Waals surface area contributed by atoms with E-state index in [1.807, 2.05) is 24.3 Å². The molecule has 0 unspecified atom stereocenters. The van der Waals surface area contributed by atoms with Crippen LogP contribution in [0.15, 0.2) is 46.9 Å². The number of imidazole rings is 1. The highest BCUT2D eigenvalue weighted by Gasteiger charge is 2.30. The maximum absolute atomic E-state index is 12.7. The van der Waals surface area contributed by atoms with Gasteiger partial charge in [-0.15, -0.1) is 0 Å². The van der Waals surface area contributed by atoms with Gasteiger partial charge in [0.1, 0.15) is 5.82 Å². The molecule has 0 bridgehead atoms. The van der Waals surface area contributed by atoms with Gasteiger partial charge in [0.05, 0.1) is 16.6 Å². The first-order valence-corrected chi connectivity index (χ1v) is 6.56. The zero-order valence-electron chi connectivity index (χ0n) is 10.0. The number of aromatic amines is 1. The van der Waals surface area contributed by atoms with Crippen molar-refractivity contribution in [2.75, 3.05) is 0 Å². The summed E-state index contributed by atoms with van der Waals surface area (Å²) in [5.74, 6) is 0.542. The fourth-order valence-electron chi connectivity index (χ4n) is 1.96. The number of nitrogens with one attached hydrogen (secondary N) is 1. The zero-order chi connectivity index (χ0) is 14.3. The smallest absolute Gasteiger partial charge is 0.338 e. The van der Waals surface area contributed by atoms with Gasteiger partial charge in [-0.05, 0) is 30.3 Å². The lowest BCUT2D eigenvalue weighted by atomic mass is 10.2. The van der Waals surface area contributed by atoms with Crippen molar-refractivity contribution in [3.8, 4) is 11.4 Å². The van der Waals surface area contributed by atoms with Crippen molar-refractivity contribution in [1.29, 1.82) is 0 Å². The van der Waals surface area contributed by atoms with Crippen molar-refractivity contribution in [1.82, 2.24) is 9.97 Å². The number of rotatable bonds is 1. The van der Waals surface area contributed by atoms with Gasteiger partial charge in [-0.1, -0.05) is 28.1 Å². The second kappa shape index (κ2) is 4.63. The fraction of sp³-hybridized carbons (Fsp3) is 0.0714. The molecule has 2 nitrogen and oxygen atoms in total. The third-order valence-electron chi connectivity index (χ3n) is 2.91. The summed E-state index contributed by atoms with van der Waals surface area (Å²) in [6.45, 7) is 0. The highest BCUT2D eigenvalue weighted by Crippen LogP contribution is 2.31. The second-order valence-electron chi connectivity index (χ2n) is 4.33. The summed E-state index contributed by atoms with van der Waals surface area (Å²) in [5.41, 5.74) is 1.00. The molecule has 2 aromatic carbocycles. The Morgan fingerprint density at radius 3 is 2.55 bits per heavy atom. The molecule has 0 atom stereocenters. The van der Waals surface area contributed by atoms with Gasteiger partial charge in [-0.25, -0.2) is 4.98 Å². The van der Waals surface area contributed by atoms with Crippen molar-refractivity contribution < 1.29 is 13.2 Å². The summed E-state index contributed by atoms with van der Waals surface area (Å²) in [5, 5.41) is 0. The first-order chi connectivity index (χ1) is 9.43. The summed E-state index contributed by atoms with van der Waals surface area (Å²) >= 11 is 3.35. The predicted molar refractivity (Wildman–Crippen MR) is 74.2 cm³/mol. The van der Waals surface area contributed by atoms with Crippen molar-refractivity contribution >= 4 is 27.0 Å². The van der Waals surface area contributed by atoms with E-state index in [0.717, 1.165) is 22.2 Å². The Bertz CT molecular complexity index is 777. The third-order valence-corrected chi connectivity index (χ3v) is 3.40. The fourth-order valence-corrected chi connectivity index (χ4v) is 2.36. The Kier molecular flexibility index (Phi) is 3.05. The van der Waals surface area contributed by atoms with E-state index in [1.165, 1.54) is 6.07 Å². The van der Waals surface area contributed by atoms with E-state index in [0.29, 0.717) is 16.9 Å². The molecular formula is C14H8BrF3N2. The molecule has 0 radical (unpaired) electrons. The largest absolute Gasteiger partial charge is 0.416 e. The molecule has 102 valence electrons. The van der Waals surface area contributed by atoms with Crippen LogP contribution in [0.25, 0.3) is 22.4 Å². The minimum atomic E-state index is -4.35. The van der Waals surface area contributed by atoms with Gasteiger partial charge in [0.2, 0.25) is 0 Å². The van der Waals surface area contributed by atoms with Crippen molar-refractivity contribution in [2.24, 2.45) is 0 Å². The number of benzene rings is 2. The topological polar surface area (TPSA) is 28.7 Å². The maximum Gasteiger partial charge on any atom is 0.416 e. The van der Waals surface area contributed by atoms with Crippen molar-refractivity contribution in [3.63, 3.8) is 0 Å². The predicted octanol–water partition coefficient (Wildman–Crippen LogP) is 5.01. The van der Waals surface area contributed by atoms with Gasteiger partial charge in [0.15, 0.2) is 0 Å². The van der Waals surface area contributed by atoms with E-state index in [9.17, 15) is 13.2 Å². The number of hydrogen-bond donors (Lipinski definition) is 1. The van der Waals surface area contributed by atoms with Gasteiger partial charge < -0.3 is 4.98 Å². The van der Waals surface area contributed by atoms with E-state index < -0.39 is 11.7 Å². The Morgan fingerprint density at radius 2 is 1.85 bits per heavy atom. The van der Waals surface area contributed by atoms with Crippen LogP contribution in [0.4, 0.5) is 13.2 Å². The Hall–Kier alpha value is -1.82. The standard InChI is InChI=1S/C14H8BrF3N2/c15-10-3-1-2-8(6-10)13-19-11-5-4-9(14(16,17)18)7-12(11)20-13/h1-7H,(H,19,20). The molecule has 3 rings (SSSR count). The zero-order valence-corrected chi connectivity index (χ0v) is 11.6. The summed E-state index contributed by atoms with van der Waals surface area (Å²) < 4.78 is 38.9. The lowest BCUT2D eigenvalue weighted by Gasteiger charge is -2.05. The van der Waals surface area contributed by atoms with Crippen molar-refractivity contribution in [3.05, 3.63) is 52.5 Å². The number of nitrogens with zero attached hydrogens (tertiary/aromatic N) is 1. The SMILES string of the molecule is FC(F)(F)c1ccc2nc(-c3cccc(Br)c3)[nH]c2c1. The second-order valence-corrected chi connectivity index (χ2v) is 5.24. The average molecular weight is 341 g/mol. The molecular weight excluding hydrogens is 333 g/mol. The van der Waals surface area contributed by atoms with Crippen LogP contribution < -0.4 is 0 Å². The lowest BCUT2D eigenvalue weighted by Crippen LogP contribution is -2.04. The van der Waals surface area contributed by atoms with Crippen LogP contribution >= 0.6 is 15.9 Å². The van der Waals surface area contributed by atoms with Crippen LogP contribution in [0.5, 0.6) is 0 Å². The van der Waals surface area contributed by atoms with E-state index in [4.69, 9.17) is 0 Å². The molecule has 0 aliphatic carbocycles. The van der Waals surface area contributed by atoms with Crippen LogP contribution in [0.1, 0.15) is 5.56 Å². The van der Waals surface area contributed by atoms with Crippen LogP contribution in [0.3, 0.4) is 0 Å². The van der Waals surface area contributed by atoms with Gasteiger partial charge in [0.25, 0.3) is 0 Å². The molecule has 0 aliphatic heterocycles. The Labute approximate surface area is 120 Å². The summed E-state index contributed by atoms with van der Waals surface area (Å²) in [6.07, 6.45) is -4.35. The molecule has 1 N–H and O–H groups in total. The molecule has 1 heterocycles. The average Bonchev–Trinajstić information content (AvgIpc) is 2.80. The van der Waals surface area contributed by atoms with Crippen molar-refractivity contribution in [2.45, 2.75) is 6.18 Å². The normalized spacial score (nSPS) is 12.0. The first-order valence-electron chi connectivity index (χ1n) is 5.76. The van der Waals surface area contributed by atoms with Crippen LogP contribution in [0, 0.1) is 0 Å². The van der Waals surface area contributed by atoms with Gasteiger partial charge >= 0.3 is 6.18 Å². The molecule has 0 spiro atoms. The number of H-pyrrole nitrogens is 1. The minimum Gasteiger partial charge on any atom is -0.338 e. The molecule has 0 fully saturated rings. The number of aromatic nitrogens is 2. The van der Waals surface area contributed by atoms with Gasteiger partial charge in [0, 0.05) is 10.0 Å². The molecule has 6 heteroatoms. The number of fused-ring (bicyclic) bond motifs is 1. The maximum atomic E-state index is 12.7. The molecule has 20 heavy (non-hydrogen) atoms. The first kappa shape index (κ1) is 13.2. The van der Waals surface area contributed by atoms with Gasteiger partial charge in [-0.2, -0.15) is 13.2 Å². The molecule has 0 amide bonds. The molecule has 0 saturated carbocycles. The highest BCUT2D eigenvalue weighted by atomic mass is 79.9. The quantitative estimate of drug-likeness (QED) is 0.662. The summed E-state index contributed by atoms with van der Waals surface area (Å²) in [6, 6.07) is 10.9. The van der Waals surface area contributed by atoms with E-state index in [1.54, 1.807) is 0 Å². The Balaban J connectivity index is 2.11. The highest BCUT2D eigenvalue weighted by molar-refractivity contribution is 9.10. The molecule has 0 aliphatic rings. The third kappa shape index (κ3) is 2.43.